The van der Waals surface area contributed by atoms with Gasteiger partial charge in [-0.2, -0.15) is 5.10 Å². The highest BCUT2D eigenvalue weighted by Crippen LogP contribution is 2.23. The van der Waals surface area contributed by atoms with Gasteiger partial charge in [0.2, 0.25) is 0 Å². The first-order valence-corrected chi connectivity index (χ1v) is 10.4. The van der Waals surface area contributed by atoms with Gasteiger partial charge in [0.05, 0.1) is 5.69 Å². The minimum Gasteiger partial charge on any atom is -0.489 e. The Morgan fingerprint density at radius 2 is 1.66 bits per heavy atom. The van der Waals surface area contributed by atoms with Gasteiger partial charge in [0.25, 0.3) is 0 Å². The fourth-order valence-corrected chi connectivity index (χ4v) is 3.71. The second-order valence-corrected chi connectivity index (χ2v) is 7.77. The minimum atomic E-state index is 0.576. The van der Waals surface area contributed by atoms with E-state index in [0.29, 0.717) is 6.61 Å². The van der Waals surface area contributed by atoms with Gasteiger partial charge >= 0.3 is 0 Å². The largest absolute Gasteiger partial charge is 0.489 e. The molecule has 0 saturated carbocycles. The second-order valence-electron chi connectivity index (χ2n) is 6.78. The molecule has 0 aliphatic heterocycles. The molecule has 4 rings (SSSR count). The van der Waals surface area contributed by atoms with E-state index in [4.69, 9.17) is 4.74 Å². The predicted molar refractivity (Wildman–Crippen MR) is 115 cm³/mol. The van der Waals surface area contributed by atoms with Crippen LogP contribution in [0.15, 0.2) is 77.8 Å². The first-order chi connectivity index (χ1) is 14.2. The van der Waals surface area contributed by atoms with E-state index >= 15 is 0 Å². The molecule has 29 heavy (non-hydrogen) atoms. The van der Waals surface area contributed by atoms with Crippen molar-refractivity contribution in [3.05, 3.63) is 95.3 Å². The Kier molecular flexibility index (Phi) is 5.91. The molecule has 146 valence electrons. The lowest BCUT2D eigenvalue weighted by Gasteiger charge is -2.07. The first-order valence-electron chi connectivity index (χ1n) is 9.43. The second kappa shape index (κ2) is 8.92. The van der Waals surface area contributed by atoms with E-state index in [0.717, 1.165) is 39.3 Å². The summed E-state index contributed by atoms with van der Waals surface area (Å²) in [5.41, 5.74) is 4.40. The van der Waals surface area contributed by atoms with E-state index in [-0.39, 0.29) is 0 Å². The summed E-state index contributed by atoms with van der Waals surface area (Å²) >= 11 is 1.66. The molecule has 6 heteroatoms. The number of nitrogens with zero attached hydrogens (tertiary/aromatic N) is 4. The van der Waals surface area contributed by atoms with Crippen LogP contribution < -0.4 is 4.74 Å². The number of rotatable bonds is 7. The van der Waals surface area contributed by atoms with Gasteiger partial charge < -0.3 is 4.74 Å². The first kappa shape index (κ1) is 19.2. The van der Waals surface area contributed by atoms with Crippen LogP contribution >= 0.6 is 11.8 Å². The lowest BCUT2D eigenvalue weighted by Crippen LogP contribution is -2.03. The van der Waals surface area contributed by atoms with Crippen molar-refractivity contribution in [3.63, 3.8) is 0 Å². The van der Waals surface area contributed by atoms with Crippen molar-refractivity contribution >= 4 is 11.8 Å². The van der Waals surface area contributed by atoms with Crippen molar-refractivity contribution in [1.82, 2.24) is 20.0 Å². The molecular formula is C23H22N4OS. The van der Waals surface area contributed by atoms with E-state index in [9.17, 15) is 0 Å². The van der Waals surface area contributed by atoms with Crippen molar-refractivity contribution in [2.75, 3.05) is 0 Å². The average Bonchev–Trinajstić information content (AvgIpc) is 3.10. The summed E-state index contributed by atoms with van der Waals surface area (Å²) in [4.78, 5) is 0. The summed E-state index contributed by atoms with van der Waals surface area (Å²) in [6.45, 7) is 4.56. The summed E-state index contributed by atoms with van der Waals surface area (Å²) in [5.74, 6) is 2.43. The number of ether oxygens (including phenoxy) is 1. The van der Waals surface area contributed by atoms with E-state index in [2.05, 4.69) is 39.6 Å². The van der Waals surface area contributed by atoms with E-state index in [1.807, 2.05) is 67.1 Å². The number of aromatic nitrogens is 4. The van der Waals surface area contributed by atoms with Crippen LogP contribution in [0.2, 0.25) is 0 Å². The van der Waals surface area contributed by atoms with Crippen molar-refractivity contribution in [2.24, 2.45) is 0 Å². The summed E-state index contributed by atoms with van der Waals surface area (Å²) in [6.07, 6.45) is 0. The molecule has 0 unspecified atom stereocenters. The molecule has 0 saturated heterocycles. The Balaban J connectivity index is 1.31. The Hall–Kier alpha value is -3.12. The van der Waals surface area contributed by atoms with Crippen molar-refractivity contribution in [2.45, 2.75) is 31.2 Å². The van der Waals surface area contributed by atoms with Gasteiger partial charge in [0, 0.05) is 11.4 Å². The predicted octanol–water partition coefficient (Wildman–Crippen LogP) is 5.15. The molecule has 5 nitrogen and oxygen atoms in total. The molecule has 2 heterocycles. The SMILES string of the molecule is Cc1cc(C)n(-c2ccc(SCc3ccc(OCc4ccccc4)cc3)nn2)n1. The van der Waals surface area contributed by atoms with E-state index < -0.39 is 0 Å². The third-order valence-corrected chi connectivity index (χ3v) is 5.40. The molecule has 0 bridgehead atoms. The zero-order valence-electron chi connectivity index (χ0n) is 16.4. The highest BCUT2D eigenvalue weighted by molar-refractivity contribution is 7.98. The van der Waals surface area contributed by atoms with Crippen LogP contribution in [0.25, 0.3) is 5.82 Å². The van der Waals surface area contributed by atoms with E-state index in [1.165, 1.54) is 5.56 Å². The number of aryl methyl sites for hydroxylation is 2. The molecule has 2 aromatic heterocycles. The monoisotopic (exact) mass is 402 g/mol. The summed E-state index contributed by atoms with van der Waals surface area (Å²) < 4.78 is 7.65. The third kappa shape index (κ3) is 5.03. The Labute approximate surface area is 174 Å². The van der Waals surface area contributed by atoms with Gasteiger partial charge in [-0.1, -0.05) is 54.2 Å². The van der Waals surface area contributed by atoms with Crippen molar-refractivity contribution < 1.29 is 4.74 Å². The van der Waals surface area contributed by atoms with Crippen LogP contribution in [0.3, 0.4) is 0 Å². The van der Waals surface area contributed by atoms with E-state index in [1.54, 1.807) is 11.8 Å². The smallest absolute Gasteiger partial charge is 0.175 e. The fourth-order valence-electron chi connectivity index (χ4n) is 2.94. The topological polar surface area (TPSA) is 52.8 Å². The Bertz CT molecular complexity index is 1060. The lowest BCUT2D eigenvalue weighted by molar-refractivity contribution is 0.306. The maximum atomic E-state index is 5.84. The molecule has 0 spiro atoms. The van der Waals surface area contributed by atoms with Crippen LogP contribution in [0.1, 0.15) is 22.5 Å². The molecule has 0 amide bonds. The highest BCUT2D eigenvalue weighted by Gasteiger charge is 2.06. The molecule has 0 aliphatic carbocycles. The average molecular weight is 403 g/mol. The molecule has 0 radical (unpaired) electrons. The van der Waals surface area contributed by atoms with Crippen LogP contribution in [-0.2, 0) is 12.4 Å². The third-order valence-electron chi connectivity index (χ3n) is 4.41. The number of hydrogen-bond donors (Lipinski definition) is 0. The molecule has 0 atom stereocenters. The minimum absolute atomic E-state index is 0.576. The summed E-state index contributed by atoms with van der Waals surface area (Å²) in [6, 6.07) is 24.3. The van der Waals surface area contributed by atoms with Crippen molar-refractivity contribution in [3.8, 4) is 11.6 Å². The number of hydrogen-bond acceptors (Lipinski definition) is 5. The summed E-state index contributed by atoms with van der Waals surface area (Å²) in [5, 5.41) is 14.0. The van der Waals surface area contributed by atoms with Gasteiger partial charge in [-0.3, -0.25) is 0 Å². The quantitative estimate of drug-likeness (QED) is 0.400. The zero-order valence-corrected chi connectivity index (χ0v) is 17.3. The maximum Gasteiger partial charge on any atom is 0.175 e. The Morgan fingerprint density at radius 1 is 0.862 bits per heavy atom. The van der Waals surface area contributed by atoms with Gasteiger partial charge in [-0.15, -0.1) is 10.2 Å². The van der Waals surface area contributed by atoms with Gasteiger partial charge in [-0.05, 0) is 55.3 Å². The van der Waals surface area contributed by atoms with Gasteiger partial charge in [-0.25, -0.2) is 4.68 Å². The Morgan fingerprint density at radius 3 is 2.31 bits per heavy atom. The van der Waals surface area contributed by atoms with Crippen LogP contribution in [0.5, 0.6) is 5.75 Å². The normalized spacial score (nSPS) is 10.8. The number of thioether (sulfide) groups is 1. The van der Waals surface area contributed by atoms with Crippen LogP contribution in [0, 0.1) is 13.8 Å². The van der Waals surface area contributed by atoms with Gasteiger partial charge in [0.15, 0.2) is 5.82 Å². The molecule has 2 aromatic carbocycles. The lowest BCUT2D eigenvalue weighted by atomic mass is 10.2. The molecule has 4 aromatic rings. The molecule has 0 fully saturated rings. The van der Waals surface area contributed by atoms with Crippen molar-refractivity contribution in [1.29, 1.82) is 0 Å². The number of benzene rings is 2. The highest BCUT2D eigenvalue weighted by atomic mass is 32.2. The van der Waals surface area contributed by atoms with Crippen LogP contribution in [-0.4, -0.2) is 20.0 Å². The van der Waals surface area contributed by atoms with Crippen LogP contribution in [0.4, 0.5) is 0 Å². The summed E-state index contributed by atoms with van der Waals surface area (Å²) in [7, 11) is 0. The zero-order chi connectivity index (χ0) is 20.1. The maximum absolute atomic E-state index is 5.84. The molecular weight excluding hydrogens is 380 g/mol. The van der Waals surface area contributed by atoms with Gasteiger partial charge in [0.1, 0.15) is 17.4 Å². The standard InChI is InChI=1S/C23H22N4OS/c1-17-14-18(2)27(26-17)22-12-13-23(25-24-22)29-16-20-8-10-21(11-9-20)28-15-19-6-4-3-5-7-19/h3-14H,15-16H2,1-2H3. The molecule has 0 aliphatic rings. The molecule has 0 N–H and O–H groups in total. The fraction of sp³-hybridized carbons (Fsp3) is 0.174.